The predicted molar refractivity (Wildman–Crippen MR) is 66.5 cm³/mol. The number of benzene rings is 1. The second-order valence-corrected chi connectivity index (χ2v) is 4.25. The van der Waals surface area contributed by atoms with Gasteiger partial charge in [0.15, 0.2) is 0 Å². The first kappa shape index (κ1) is 10.7. The molecule has 3 heteroatoms. The van der Waals surface area contributed by atoms with Crippen molar-refractivity contribution < 1.29 is 0 Å². The van der Waals surface area contributed by atoms with Gasteiger partial charge in [0.05, 0.1) is 6.20 Å². The first-order valence-corrected chi connectivity index (χ1v) is 5.43. The van der Waals surface area contributed by atoms with Crippen molar-refractivity contribution in [1.82, 2.24) is 9.78 Å². The number of aromatic nitrogens is 2. The third-order valence-electron chi connectivity index (χ3n) is 2.48. The molecule has 0 radical (unpaired) electrons. The van der Waals surface area contributed by atoms with Crippen molar-refractivity contribution in [2.45, 2.75) is 20.4 Å². The summed E-state index contributed by atoms with van der Waals surface area (Å²) in [4.78, 5) is 0. The van der Waals surface area contributed by atoms with Gasteiger partial charge in [0, 0.05) is 31.0 Å². The summed E-state index contributed by atoms with van der Waals surface area (Å²) in [6.07, 6.45) is 3.91. The highest BCUT2D eigenvalue weighted by molar-refractivity contribution is 5.48. The molecule has 0 unspecified atom stereocenters. The molecule has 0 saturated carbocycles. The minimum atomic E-state index is 0.816. The lowest BCUT2D eigenvalue weighted by Gasteiger charge is -2.07. The van der Waals surface area contributed by atoms with Crippen LogP contribution in [0.25, 0.3) is 0 Å². The molecular weight excluding hydrogens is 198 g/mol. The van der Waals surface area contributed by atoms with Gasteiger partial charge in [-0.1, -0.05) is 6.07 Å². The summed E-state index contributed by atoms with van der Waals surface area (Å²) >= 11 is 0. The van der Waals surface area contributed by atoms with E-state index >= 15 is 0 Å². The molecule has 0 atom stereocenters. The summed E-state index contributed by atoms with van der Waals surface area (Å²) in [6, 6.07) is 6.49. The van der Waals surface area contributed by atoms with Crippen molar-refractivity contribution >= 4 is 5.69 Å². The van der Waals surface area contributed by atoms with Gasteiger partial charge >= 0.3 is 0 Å². The molecule has 3 nitrogen and oxygen atoms in total. The number of aryl methyl sites for hydroxylation is 3. The fourth-order valence-electron chi connectivity index (χ4n) is 1.84. The van der Waals surface area contributed by atoms with Gasteiger partial charge in [-0.25, -0.2) is 0 Å². The maximum absolute atomic E-state index is 4.14. The summed E-state index contributed by atoms with van der Waals surface area (Å²) < 4.78 is 1.82. The highest BCUT2D eigenvalue weighted by atomic mass is 15.2. The van der Waals surface area contributed by atoms with Crippen molar-refractivity contribution in [3.05, 3.63) is 47.3 Å². The number of nitrogens with one attached hydrogen (secondary N) is 1. The van der Waals surface area contributed by atoms with Crippen LogP contribution in [0.4, 0.5) is 5.69 Å². The van der Waals surface area contributed by atoms with Crippen LogP contribution >= 0.6 is 0 Å². The molecule has 0 bridgehead atoms. The van der Waals surface area contributed by atoms with Gasteiger partial charge in [-0.05, 0) is 37.1 Å². The minimum Gasteiger partial charge on any atom is -0.381 e. The first-order chi connectivity index (χ1) is 7.63. The maximum Gasteiger partial charge on any atom is 0.0539 e. The van der Waals surface area contributed by atoms with Gasteiger partial charge in [-0.2, -0.15) is 5.10 Å². The Morgan fingerprint density at radius 3 is 2.44 bits per heavy atom. The lowest BCUT2D eigenvalue weighted by molar-refractivity contribution is 0.767. The summed E-state index contributed by atoms with van der Waals surface area (Å²) in [7, 11) is 1.93. The highest BCUT2D eigenvalue weighted by Crippen LogP contribution is 2.14. The maximum atomic E-state index is 4.14. The molecule has 1 N–H and O–H groups in total. The Bertz CT molecular complexity index is 465. The van der Waals surface area contributed by atoms with Crippen LogP contribution in [0.2, 0.25) is 0 Å². The quantitative estimate of drug-likeness (QED) is 0.853. The summed E-state index contributed by atoms with van der Waals surface area (Å²) in [5.74, 6) is 0. The van der Waals surface area contributed by atoms with E-state index in [-0.39, 0.29) is 0 Å². The molecule has 1 heterocycles. The molecule has 84 valence electrons. The number of hydrogen-bond acceptors (Lipinski definition) is 2. The van der Waals surface area contributed by atoms with Crippen LogP contribution in [-0.2, 0) is 13.6 Å². The molecule has 0 aliphatic carbocycles. The van der Waals surface area contributed by atoms with Crippen LogP contribution < -0.4 is 5.32 Å². The van der Waals surface area contributed by atoms with E-state index in [1.165, 1.54) is 22.4 Å². The Morgan fingerprint density at radius 2 is 1.88 bits per heavy atom. The Labute approximate surface area is 96.1 Å². The Hall–Kier alpha value is -1.77. The smallest absolute Gasteiger partial charge is 0.0539 e. The van der Waals surface area contributed by atoms with Crippen molar-refractivity contribution in [2.75, 3.05) is 5.32 Å². The standard InChI is InChI=1S/C13H17N3/c1-10-4-11(2)6-13(5-10)14-7-12-8-15-16(3)9-12/h4-6,8-9,14H,7H2,1-3H3. The molecule has 16 heavy (non-hydrogen) atoms. The Kier molecular flexibility index (Phi) is 2.95. The zero-order chi connectivity index (χ0) is 11.5. The number of hydrogen-bond donors (Lipinski definition) is 1. The van der Waals surface area contributed by atoms with Crippen LogP contribution in [0, 0.1) is 13.8 Å². The fourth-order valence-corrected chi connectivity index (χ4v) is 1.84. The van der Waals surface area contributed by atoms with E-state index in [0.717, 1.165) is 6.54 Å². The van der Waals surface area contributed by atoms with Crippen LogP contribution in [0.1, 0.15) is 16.7 Å². The minimum absolute atomic E-state index is 0.816. The summed E-state index contributed by atoms with van der Waals surface area (Å²) in [5.41, 5.74) is 4.94. The van der Waals surface area contributed by atoms with Crippen LogP contribution in [0.15, 0.2) is 30.6 Å². The molecule has 1 aromatic carbocycles. The van der Waals surface area contributed by atoms with Gasteiger partial charge < -0.3 is 5.32 Å². The van der Waals surface area contributed by atoms with Crippen LogP contribution in [0.3, 0.4) is 0 Å². The average molecular weight is 215 g/mol. The molecule has 2 rings (SSSR count). The Morgan fingerprint density at radius 1 is 1.19 bits per heavy atom. The molecular formula is C13H17N3. The second kappa shape index (κ2) is 4.39. The molecule has 0 aliphatic heterocycles. The topological polar surface area (TPSA) is 29.9 Å². The van der Waals surface area contributed by atoms with E-state index in [9.17, 15) is 0 Å². The number of rotatable bonds is 3. The van der Waals surface area contributed by atoms with Crippen molar-refractivity contribution in [1.29, 1.82) is 0 Å². The molecule has 0 spiro atoms. The van der Waals surface area contributed by atoms with Gasteiger partial charge in [0.2, 0.25) is 0 Å². The zero-order valence-electron chi connectivity index (χ0n) is 9.99. The normalized spacial score (nSPS) is 10.4. The first-order valence-electron chi connectivity index (χ1n) is 5.43. The molecule has 2 aromatic rings. The van der Waals surface area contributed by atoms with E-state index in [2.05, 4.69) is 42.5 Å². The zero-order valence-corrected chi connectivity index (χ0v) is 9.99. The SMILES string of the molecule is Cc1cc(C)cc(NCc2cnn(C)c2)c1. The summed E-state index contributed by atoms with van der Waals surface area (Å²) in [6.45, 7) is 5.04. The van der Waals surface area contributed by atoms with Crippen LogP contribution in [-0.4, -0.2) is 9.78 Å². The van der Waals surface area contributed by atoms with Gasteiger partial charge in [0.1, 0.15) is 0 Å². The van der Waals surface area contributed by atoms with Crippen molar-refractivity contribution in [2.24, 2.45) is 7.05 Å². The van der Waals surface area contributed by atoms with Crippen LogP contribution in [0.5, 0.6) is 0 Å². The van der Waals surface area contributed by atoms with E-state index in [1.807, 2.05) is 24.1 Å². The lowest BCUT2D eigenvalue weighted by atomic mass is 10.1. The van der Waals surface area contributed by atoms with E-state index in [0.29, 0.717) is 0 Å². The van der Waals surface area contributed by atoms with E-state index in [1.54, 1.807) is 0 Å². The summed E-state index contributed by atoms with van der Waals surface area (Å²) in [5, 5.41) is 7.54. The second-order valence-electron chi connectivity index (χ2n) is 4.25. The van der Waals surface area contributed by atoms with Gasteiger partial charge in [-0.15, -0.1) is 0 Å². The predicted octanol–water partition coefficient (Wildman–Crippen LogP) is 2.65. The third kappa shape index (κ3) is 2.63. The number of nitrogens with zero attached hydrogens (tertiary/aromatic N) is 2. The van der Waals surface area contributed by atoms with Crippen molar-refractivity contribution in [3.8, 4) is 0 Å². The van der Waals surface area contributed by atoms with Gasteiger partial charge in [0.25, 0.3) is 0 Å². The monoisotopic (exact) mass is 215 g/mol. The lowest BCUT2D eigenvalue weighted by Crippen LogP contribution is -1.99. The average Bonchev–Trinajstić information content (AvgIpc) is 2.60. The molecule has 0 aliphatic rings. The molecule has 0 amide bonds. The fraction of sp³-hybridized carbons (Fsp3) is 0.308. The van der Waals surface area contributed by atoms with E-state index in [4.69, 9.17) is 0 Å². The largest absolute Gasteiger partial charge is 0.381 e. The third-order valence-corrected chi connectivity index (χ3v) is 2.48. The Balaban J connectivity index is 2.04. The molecule has 1 aromatic heterocycles. The molecule has 0 saturated heterocycles. The van der Waals surface area contributed by atoms with E-state index < -0.39 is 0 Å². The molecule has 0 fully saturated rings. The van der Waals surface area contributed by atoms with Gasteiger partial charge in [-0.3, -0.25) is 4.68 Å². The number of anilines is 1. The van der Waals surface area contributed by atoms with Crippen molar-refractivity contribution in [3.63, 3.8) is 0 Å². The highest BCUT2D eigenvalue weighted by Gasteiger charge is 1.98.